The van der Waals surface area contributed by atoms with Gasteiger partial charge in [0.25, 0.3) is 0 Å². The summed E-state index contributed by atoms with van der Waals surface area (Å²) in [4.78, 5) is 25.7. The van der Waals surface area contributed by atoms with Gasteiger partial charge in [0, 0.05) is 19.0 Å². The molecule has 19 heavy (non-hydrogen) atoms. The van der Waals surface area contributed by atoms with E-state index in [4.69, 9.17) is 0 Å². The third-order valence-electron chi connectivity index (χ3n) is 3.65. The summed E-state index contributed by atoms with van der Waals surface area (Å²) in [6.07, 6.45) is 0.363. The van der Waals surface area contributed by atoms with E-state index < -0.39 is 6.04 Å². The van der Waals surface area contributed by atoms with Gasteiger partial charge in [0.1, 0.15) is 6.04 Å². The second kappa shape index (κ2) is 5.43. The number of carbonyl (C=O) groups is 2. The van der Waals surface area contributed by atoms with Gasteiger partial charge in [-0.2, -0.15) is 0 Å². The van der Waals surface area contributed by atoms with Crippen LogP contribution in [0.4, 0.5) is 0 Å². The largest absolute Gasteiger partial charge is 0.345 e. The Kier molecular flexibility index (Phi) is 3.88. The van der Waals surface area contributed by atoms with Crippen LogP contribution in [0.3, 0.4) is 0 Å². The minimum absolute atomic E-state index is 0.0124. The molecule has 0 bridgehead atoms. The number of rotatable bonds is 2. The van der Waals surface area contributed by atoms with Gasteiger partial charge in [0.2, 0.25) is 11.8 Å². The van der Waals surface area contributed by atoms with Crippen molar-refractivity contribution in [3.8, 4) is 0 Å². The Labute approximate surface area is 113 Å². The Bertz CT molecular complexity index is 499. The van der Waals surface area contributed by atoms with E-state index in [9.17, 15) is 9.59 Å². The number of nitrogens with zero attached hydrogens (tertiary/aromatic N) is 1. The molecule has 1 aromatic carbocycles. The summed E-state index contributed by atoms with van der Waals surface area (Å²) in [5, 5.41) is 2.72. The second-order valence-electron chi connectivity index (χ2n) is 5.23. The van der Waals surface area contributed by atoms with E-state index in [2.05, 4.69) is 5.32 Å². The summed E-state index contributed by atoms with van der Waals surface area (Å²) in [5.41, 5.74) is 2.29. The van der Waals surface area contributed by atoms with Crippen LogP contribution in [0.5, 0.6) is 0 Å². The lowest BCUT2D eigenvalue weighted by Crippen LogP contribution is -2.44. The van der Waals surface area contributed by atoms with Crippen molar-refractivity contribution < 1.29 is 9.59 Å². The SMILES string of the molecule is Cc1ccccc1CN1C(=O)C(C)NC(=O)CC1C. The molecule has 2 atom stereocenters. The molecule has 2 unspecified atom stereocenters. The molecule has 1 saturated heterocycles. The number of amides is 2. The average molecular weight is 260 g/mol. The van der Waals surface area contributed by atoms with Crippen molar-refractivity contribution >= 4 is 11.8 Å². The van der Waals surface area contributed by atoms with Crippen molar-refractivity contribution in [3.63, 3.8) is 0 Å². The third kappa shape index (κ3) is 2.95. The topological polar surface area (TPSA) is 49.4 Å². The molecule has 1 aliphatic heterocycles. The Balaban J connectivity index is 2.24. The zero-order chi connectivity index (χ0) is 14.0. The lowest BCUT2D eigenvalue weighted by molar-refractivity contribution is -0.135. The molecule has 1 aliphatic rings. The molecular weight excluding hydrogens is 240 g/mol. The van der Waals surface area contributed by atoms with Crippen LogP contribution in [0.1, 0.15) is 31.4 Å². The number of carbonyl (C=O) groups excluding carboxylic acids is 2. The number of hydrogen-bond donors (Lipinski definition) is 1. The summed E-state index contributed by atoms with van der Waals surface area (Å²) in [5.74, 6) is -0.0674. The van der Waals surface area contributed by atoms with Gasteiger partial charge in [-0.1, -0.05) is 24.3 Å². The van der Waals surface area contributed by atoms with Gasteiger partial charge < -0.3 is 10.2 Å². The first-order chi connectivity index (χ1) is 8.99. The molecule has 0 saturated carbocycles. The standard InChI is InChI=1S/C15H20N2O2/c1-10-6-4-5-7-13(10)9-17-11(2)8-14(18)16-12(3)15(17)19/h4-7,11-12H,8-9H2,1-3H3,(H,16,18). The Morgan fingerprint density at radius 1 is 1.26 bits per heavy atom. The van der Waals surface area contributed by atoms with E-state index in [0.29, 0.717) is 13.0 Å². The molecule has 0 aliphatic carbocycles. The molecule has 0 radical (unpaired) electrons. The number of benzene rings is 1. The quantitative estimate of drug-likeness (QED) is 0.878. The Morgan fingerprint density at radius 2 is 1.95 bits per heavy atom. The van der Waals surface area contributed by atoms with E-state index in [-0.39, 0.29) is 17.9 Å². The highest BCUT2D eigenvalue weighted by atomic mass is 16.2. The maximum Gasteiger partial charge on any atom is 0.245 e. The molecule has 4 heteroatoms. The molecule has 1 N–H and O–H groups in total. The zero-order valence-corrected chi connectivity index (χ0v) is 11.6. The summed E-state index contributed by atoms with van der Waals surface area (Å²) < 4.78 is 0. The van der Waals surface area contributed by atoms with Crippen LogP contribution in [0, 0.1) is 6.92 Å². The van der Waals surface area contributed by atoms with Crippen molar-refractivity contribution in [1.29, 1.82) is 0 Å². The third-order valence-corrected chi connectivity index (χ3v) is 3.65. The number of aryl methyl sites for hydroxylation is 1. The number of nitrogens with one attached hydrogen (secondary N) is 1. The summed E-state index contributed by atoms with van der Waals surface area (Å²) in [7, 11) is 0. The Hall–Kier alpha value is -1.84. The van der Waals surface area contributed by atoms with Crippen molar-refractivity contribution in [1.82, 2.24) is 10.2 Å². The van der Waals surface area contributed by atoms with Crippen molar-refractivity contribution in [2.24, 2.45) is 0 Å². The van der Waals surface area contributed by atoms with E-state index in [1.807, 2.05) is 38.1 Å². The number of hydrogen-bond acceptors (Lipinski definition) is 2. The molecule has 4 nitrogen and oxygen atoms in total. The molecule has 1 heterocycles. The van der Waals surface area contributed by atoms with Crippen LogP contribution in [-0.2, 0) is 16.1 Å². The fourth-order valence-corrected chi connectivity index (χ4v) is 2.41. The van der Waals surface area contributed by atoms with Gasteiger partial charge in [0.05, 0.1) is 0 Å². The van der Waals surface area contributed by atoms with Gasteiger partial charge in [-0.15, -0.1) is 0 Å². The normalized spacial score (nSPS) is 24.1. The molecule has 2 rings (SSSR count). The fraction of sp³-hybridized carbons (Fsp3) is 0.467. The van der Waals surface area contributed by atoms with Crippen LogP contribution in [0.15, 0.2) is 24.3 Å². The molecule has 0 spiro atoms. The van der Waals surface area contributed by atoms with Gasteiger partial charge in [-0.05, 0) is 31.9 Å². The zero-order valence-electron chi connectivity index (χ0n) is 11.6. The summed E-state index contributed by atoms with van der Waals surface area (Å²) >= 11 is 0. The van der Waals surface area contributed by atoms with Crippen LogP contribution in [0.2, 0.25) is 0 Å². The molecule has 1 aromatic rings. The first-order valence-corrected chi connectivity index (χ1v) is 6.63. The highest BCUT2D eigenvalue weighted by Crippen LogP contribution is 2.17. The molecule has 1 fully saturated rings. The van der Waals surface area contributed by atoms with E-state index in [1.165, 1.54) is 5.56 Å². The van der Waals surface area contributed by atoms with Crippen LogP contribution >= 0.6 is 0 Å². The van der Waals surface area contributed by atoms with Gasteiger partial charge in [0.15, 0.2) is 0 Å². The highest BCUT2D eigenvalue weighted by Gasteiger charge is 2.31. The van der Waals surface area contributed by atoms with Crippen LogP contribution in [-0.4, -0.2) is 28.8 Å². The summed E-state index contributed by atoms with van der Waals surface area (Å²) in [6, 6.07) is 7.51. The fourth-order valence-electron chi connectivity index (χ4n) is 2.41. The van der Waals surface area contributed by atoms with E-state index >= 15 is 0 Å². The van der Waals surface area contributed by atoms with Gasteiger partial charge in [-0.25, -0.2) is 0 Å². The first-order valence-electron chi connectivity index (χ1n) is 6.63. The van der Waals surface area contributed by atoms with Crippen molar-refractivity contribution in [3.05, 3.63) is 35.4 Å². The highest BCUT2D eigenvalue weighted by molar-refractivity contribution is 5.90. The lowest BCUT2D eigenvalue weighted by atomic mass is 10.1. The monoisotopic (exact) mass is 260 g/mol. The maximum atomic E-state index is 12.3. The lowest BCUT2D eigenvalue weighted by Gasteiger charge is -2.28. The van der Waals surface area contributed by atoms with Gasteiger partial charge in [-0.3, -0.25) is 9.59 Å². The molecule has 2 amide bonds. The van der Waals surface area contributed by atoms with Gasteiger partial charge >= 0.3 is 0 Å². The van der Waals surface area contributed by atoms with Crippen molar-refractivity contribution in [2.45, 2.75) is 45.8 Å². The molecule has 0 aromatic heterocycles. The van der Waals surface area contributed by atoms with Crippen molar-refractivity contribution in [2.75, 3.05) is 0 Å². The molecule has 102 valence electrons. The van der Waals surface area contributed by atoms with E-state index in [1.54, 1.807) is 11.8 Å². The predicted molar refractivity (Wildman–Crippen MR) is 73.4 cm³/mol. The maximum absolute atomic E-state index is 12.3. The van der Waals surface area contributed by atoms with E-state index in [0.717, 1.165) is 5.56 Å². The Morgan fingerprint density at radius 3 is 2.63 bits per heavy atom. The first kappa shape index (κ1) is 13.6. The summed E-state index contributed by atoms with van der Waals surface area (Å²) in [6.45, 7) is 6.26. The predicted octanol–water partition coefficient (Wildman–Crippen LogP) is 1.62. The minimum atomic E-state index is -0.443. The second-order valence-corrected chi connectivity index (χ2v) is 5.23. The smallest absolute Gasteiger partial charge is 0.245 e. The van der Waals surface area contributed by atoms with Crippen LogP contribution < -0.4 is 5.32 Å². The van der Waals surface area contributed by atoms with Crippen LogP contribution in [0.25, 0.3) is 0 Å². The average Bonchev–Trinajstić information content (AvgIpc) is 2.43. The minimum Gasteiger partial charge on any atom is -0.345 e. The molecular formula is C15H20N2O2.